The number of halogens is 2. The lowest BCUT2D eigenvalue weighted by atomic mass is 9.68. The lowest BCUT2D eigenvalue weighted by Gasteiger charge is -2.45. The van der Waals surface area contributed by atoms with Crippen LogP contribution in [0.15, 0.2) is 11.6 Å². The predicted molar refractivity (Wildman–Crippen MR) is 139 cm³/mol. The number of hydrogen-bond donors (Lipinski definition) is 0. The Kier molecular flexibility index (Phi) is 8.25. The van der Waals surface area contributed by atoms with E-state index < -0.39 is 6.43 Å². The van der Waals surface area contributed by atoms with Crippen molar-refractivity contribution < 1.29 is 37.3 Å². The first kappa shape index (κ1) is 28.7. The van der Waals surface area contributed by atoms with E-state index in [1.165, 1.54) is 10.5 Å². The molecule has 11 heteroatoms. The average molecular weight is 556 g/mol. The zero-order valence-electron chi connectivity index (χ0n) is 23.6. The molecule has 0 aromatic rings. The number of methoxy groups -OCH3 is 1. The number of hydrogen-bond acceptors (Lipinski definition) is 7. The molecular weight excluding hydrogens is 512 g/mol. The fourth-order valence-corrected chi connectivity index (χ4v) is 6.86. The van der Waals surface area contributed by atoms with E-state index in [9.17, 15) is 18.4 Å². The quantitative estimate of drug-likeness (QED) is 0.303. The summed E-state index contributed by atoms with van der Waals surface area (Å²) >= 11 is 0. The first-order chi connectivity index (χ1) is 18.5. The van der Waals surface area contributed by atoms with Crippen LogP contribution >= 0.6 is 0 Å². The fourth-order valence-electron chi connectivity index (χ4n) is 6.86. The van der Waals surface area contributed by atoms with E-state index >= 15 is 0 Å². The van der Waals surface area contributed by atoms with Crippen molar-refractivity contribution in [3.05, 3.63) is 11.6 Å². The van der Waals surface area contributed by atoms with E-state index in [0.29, 0.717) is 51.7 Å². The Balaban J connectivity index is 1.09. The Morgan fingerprint density at radius 1 is 1.26 bits per heavy atom. The minimum Gasteiger partial charge on any atom is -0.443 e. The molecule has 4 unspecified atom stereocenters. The minimum atomic E-state index is -2.43. The number of epoxide rings is 2. The lowest BCUT2D eigenvalue weighted by Crippen LogP contribution is -2.58. The molecule has 4 saturated heterocycles. The first-order valence-corrected chi connectivity index (χ1v) is 14.3. The number of allylic oxidation sites excluding steroid dienone is 1. The van der Waals surface area contributed by atoms with E-state index in [1.807, 2.05) is 0 Å². The second-order valence-electron chi connectivity index (χ2n) is 12.4. The fraction of sp³-hybridized carbons (Fsp3) is 0.857. The van der Waals surface area contributed by atoms with Crippen LogP contribution in [-0.4, -0.2) is 122 Å². The van der Waals surface area contributed by atoms with Crippen molar-refractivity contribution >= 4 is 12.0 Å². The van der Waals surface area contributed by atoms with Gasteiger partial charge in [0.05, 0.1) is 31.7 Å². The van der Waals surface area contributed by atoms with Crippen LogP contribution in [0.2, 0.25) is 0 Å². The largest absolute Gasteiger partial charge is 0.443 e. The zero-order chi connectivity index (χ0) is 27.9. The molecule has 5 aliphatic rings. The highest BCUT2D eigenvalue weighted by atomic mass is 19.3. The number of amides is 2. The van der Waals surface area contributed by atoms with E-state index in [4.69, 9.17) is 18.9 Å². The molecule has 5 fully saturated rings. The maximum Gasteiger partial charge on any atom is 0.410 e. The molecule has 1 saturated carbocycles. The van der Waals surface area contributed by atoms with E-state index in [2.05, 4.69) is 26.8 Å². The molecule has 2 amide bonds. The molecule has 0 aromatic carbocycles. The lowest BCUT2D eigenvalue weighted by molar-refractivity contribution is -0.137. The van der Waals surface area contributed by atoms with Crippen molar-refractivity contribution in [1.82, 2.24) is 14.7 Å². The van der Waals surface area contributed by atoms with E-state index in [1.54, 1.807) is 16.9 Å². The number of carbonyl (C=O) groups excluding carboxylic acids is 2. The van der Waals surface area contributed by atoms with Crippen LogP contribution in [0, 0.1) is 11.8 Å². The number of rotatable bonds is 10. The SMILES string of the molecule is COC1C(OC(=O)N2CC(CCN3CCN(CC(F)F)CC3=O)C2)CCC2(CO2)C1[C@@]1(C)O[C@@H]1CC=C(C)C. The highest BCUT2D eigenvalue weighted by Crippen LogP contribution is 2.59. The number of nitrogens with zero attached hydrogens (tertiary/aromatic N) is 3. The highest BCUT2D eigenvalue weighted by molar-refractivity contribution is 5.79. The maximum absolute atomic E-state index is 13.0. The molecule has 4 heterocycles. The van der Waals surface area contributed by atoms with Crippen LogP contribution in [0.25, 0.3) is 0 Å². The Morgan fingerprint density at radius 2 is 2.00 bits per heavy atom. The standard InChI is InChI=1S/C28H43F2N3O6/c1-18(2)5-6-21-27(3,39-21)25-24(36-4)20(7-9-28(25)17-37-28)38-26(35)33-13-19(14-33)8-10-32-12-11-31(15-22(29)30)16-23(32)34/h5,19-22,24-25H,6-17H2,1-4H3/t20?,21-,24?,25?,27+,28?/m1/s1. The molecule has 1 spiro atoms. The summed E-state index contributed by atoms with van der Waals surface area (Å²) in [5.74, 6) is 0.170. The summed E-state index contributed by atoms with van der Waals surface area (Å²) in [6, 6.07) is 0. The Hall–Kier alpha value is -1.82. The van der Waals surface area contributed by atoms with Gasteiger partial charge in [0, 0.05) is 39.8 Å². The van der Waals surface area contributed by atoms with Crippen molar-refractivity contribution in [2.75, 3.05) is 59.5 Å². The van der Waals surface area contributed by atoms with Crippen molar-refractivity contribution in [2.45, 2.75) is 82.4 Å². The molecule has 0 radical (unpaired) electrons. The van der Waals surface area contributed by atoms with Gasteiger partial charge >= 0.3 is 6.09 Å². The second-order valence-corrected chi connectivity index (χ2v) is 12.4. The monoisotopic (exact) mass is 555 g/mol. The molecule has 0 bridgehead atoms. The molecule has 220 valence electrons. The number of piperazine rings is 1. The van der Waals surface area contributed by atoms with Gasteiger partial charge in [0.15, 0.2) is 0 Å². The van der Waals surface area contributed by atoms with Gasteiger partial charge in [-0.05, 0) is 52.4 Å². The van der Waals surface area contributed by atoms with Crippen molar-refractivity contribution in [1.29, 1.82) is 0 Å². The van der Waals surface area contributed by atoms with Crippen LogP contribution in [0.4, 0.5) is 13.6 Å². The van der Waals surface area contributed by atoms with Crippen molar-refractivity contribution in [3.63, 3.8) is 0 Å². The van der Waals surface area contributed by atoms with Gasteiger partial charge in [-0.25, -0.2) is 13.6 Å². The summed E-state index contributed by atoms with van der Waals surface area (Å²) < 4.78 is 49.4. The number of carbonyl (C=O) groups is 2. The molecule has 0 N–H and O–H groups in total. The van der Waals surface area contributed by atoms with Crippen LogP contribution in [0.1, 0.15) is 46.5 Å². The Bertz CT molecular complexity index is 952. The molecule has 0 aromatic heterocycles. The van der Waals surface area contributed by atoms with Crippen LogP contribution < -0.4 is 0 Å². The number of ether oxygens (including phenoxy) is 4. The Morgan fingerprint density at radius 3 is 2.62 bits per heavy atom. The summed E-state index contributed by atoms with van der Waals surface area (Å²) in [4.78, 5) is 30.3. The third-order valence-corrected chi connectivity index (χ3v) is 9.31. The van der Waals surface area contributed by atoms with Gasteiger partial charge in [0.2, 0.25) is 5.91 Å². The van der Waals surface area contributed by atoms with Gasteiger partial charge in [0.25, 0.3) is 6.43 Å². The zero-order valence-corrected chi connectivity index (χ0v) is 23.6. The van der Waals surface area contributed by atoms with Gasteiger partial charge in [0.1, 0.15) is 23.4 Å². The highest BCUT2D eigenvalue weighted by Gasteiger charge is 2.72. The van der Waals surface area contributed by atoms with E-state index in [0.717, 1.165) is 19.3 Å². The summed E-state index contributed by atoms with van der Waals surface area (Å²) in [6.45, 7) is 9.36. The smallest absolute Gasteiger partial charge is 0.410 e. The van der Waals surface area contributed by atoms with Crippen molar-refractivity contribution in [2.24, 2.45) is 11.8 Å². The molecule has 39 heavy (non-hydrogen) atoms. The molecule has 6 atom stereocenters. The molecule has 9 nitrogen and oxygen atoms in total. The van der Waals surface area contributed by atoms with E-state index in [-0.39, 0.29) is 60.5 Å². The molecular formula is C28H43F2N3O6. The summed E-state index contributed by atoms with van der Waals surface area (Å²) in [5, 5.41) is 0. The minimum absolute atomic E-state index is 0.0139. The molecule has 5 rings (SSSR count). The van der Waals surface area contributed by atoms with Gasteiger partial charge < -0.3 is 28.7 Å². The first-order valence-electron chi connectivity index (χ1n) is 14.3. The van der Waals surface area contributed by atoms with Crippen LogP contribution in [0.5, 0.6) is 0 Å². The maximum atomic E-state index is 13.0. The second kappa shape index (κ2) is 11.2. The van der Waals surface area contributed by atoms with Gasteiger partial charge in [-0.3, -0.25) is 9.69 Å². The third kappa shape index (κ3) is 6.11. The van der Waals surface area contributed by atoms with Gasteiger partial charge in [-0.2, -0.15) is 0 Å². The van der Waals surface area contributed by atoms with Crippen LogP contribution in [-0.2, 0) is 23.7 Å². The summed E-state index contributed by atoms with van der Waals surface area (Å²) in [5.41, 5.74) is 0.622. The van der Waals surface area contributed by atoms with Crippen molar-refractivity contribution in [3.8, 4) is 0 Å². The summed E-state index contributed by atoms with van der Waals surface area (Å²) in [6.07, 6.45) is 1.98. The number of alkyl halides is 2. The predicted octanol–water partition coefficient (Wildman–Crippen LogP) is 2.93. The molecule has 1 aliphatic carbocycles. The normalized spacial score (nSPS) is 36.7. The summed E-state index contributed by atoms with van der Waals surface area (Å²) in [7, 11) is 1.67. The van der Waals surface area contributed by atoms with Gasteiger partial charge in [-0.1, -0.05) is 11.6 Å². The Labute approximate surface area is 229 Å². The third-order valence-electron chi connectivity index (χ3n) is 9.31. The van der Waals surface area contributed by atoms with Gasteiger partial charge in [-0.15, -0.1) is 0 Å². The average Bonchev–Trinajstić information content (AvgIpc) is 3.75. The number of likely N-dealkylation sites (tertiary alicyclic amines) is 1. The topological polar surface area (TPSA) is 87.4 Å². The molecule has 4 aliphatic heterocycles. The van der Waals surface area contributed by atoms with Crippen LogP contribution in [0.3, 0.4) is 0 Å².